The summed E-state index contributed by atoms with van der Waals surface area (Å²) in [5.74, 6) is 1.97. The van der Waals surface area contributed by atoms with Crippen molar-refractivity contribution in [3.63, 3.8) is 0 Å². The molecular weight excluding hydrogens is 344 g/mol. The van der Waals surface area contributed by atoms with Crippen LogP contribution in [-0.2, 0) is 11.2 Å². The summed E-state index contributed by atoms with van der Waals surface area (Å²) < 4.78 is 5.87. The molecule has 1 aromatic heterocycles. The lowest BCUT2D eigenvalue weighted by atomic mass is 9.82. The van der Waals surface area contributed by atoms with Crippen LogP contribution < -0.4 is 5.32 Å². The van der Waals surface area contributed by atoms with Crippen molar-refractivity contribution in [3.05, 3.63) is 46.1 Å². The van der Waals surface area contributed by atoms with Gasteiger partial charge in [0.1, 0.15) is 5.82 Å². The molecule has 2 heterocycles. The summed E-state index contributed by atoms with van der Waals surface area (Å²) in [6.07, 6.45) is 5.72. The summed E-state index contributed by atoms with van der Waals surface area (Å²) in [6, 6.07) is 8.78. The number of rotatable bonds is 5. The van der Waals surface area contributed by atoms with Crippen LogP contribution in [0.25, 0.3) is 11.4 Å². The van der Waals surface area contributed by atoms with Crippen molar-refractivity contribution in [2.45, 2.75) is 51.2 Å². The number of fused-ring (bicyclic) bond motifs is 1. The van der Waals surface area contributed by atoms with E-state index in [9.17, 15) is 10.1 Å². The molecule has 2 aromatic rings. The van der Waals surface area contributed by atoms with E-state index in [0.29, 0.717) is 23.9 Å². The molecule has 1 aliphatic heterocycles. The van der Waals surface area contributed by atoms with Crippen LogP contribution in [-0.4, -0.2) is 33.6 Å². The zero-order valence-electron chi connectivity index (χ0n) is 15.4. The van der Waals surface area contributed by atoms with Gasteiger partial charge < -0.3 is 10.1 Å². The molecule has 1 N–H and O–H groups in total. The van der Waals surface area contributed by atoms with Gasteiger partial charge in [0.25, 0.3) is 5.69 Å². The molecule has 4 rings (SSSR count). The van der Waals surface area contributed by atoms with E-state index < -0.39 is 4.92 Å². The Hall–Kier alpha value is -2.54. The van der Waals surface area contributed by atoms with Gasteiger partial charge in [0.05, 0.1) is 11.0 Å². The maximum absolute atomic E-state index is 10.9. The second-order valence-electron chi connectivity index (χ2n) is 7.27. The zero-order valence-corrected chi connectivity index (χ0v) is 15.4. The van der Waals surface area contributed by atoms with E-state index in [1.165, 1.54) is 18.6 Å². The van der Waals surface area contributed by atoms with Gasteiger partial charge in [-0.3, -0.25) is 10.1 Å². The Morgan fingerprint density at radius 1 is 1.22 bits per heavy atom. The van der Waals surface area contributed by atoms with Crippen LogP contribution >= 0.6 is 0 Å². The fourth-order valence-corrected chi connectivity index (χ4v) is 4.16. The number of hydrogen-bond donors (Lipinski definition) is 1. The van der Waals surface area contributed by atoms with Gasteiger partial charge in [-0.15, -0.1) is 0 Å². The molecule has 0 amide bonds. The van der Waals surface area contributed by atoms with Gasteiger partial charge in [-0.25, -0.2) is 9.97 Å². The Kier molecular flexibility index (Phi) is 5.03. The second-order valence-corrected chi connectivity index (χ2v) is 7.27. The molecular formula is C20H24N4O3. The predicted octanol–water partition coefficient (Wildman–Crippen LogP) is 3.98. The minimum atomic E-state index is -0.400. The molecule has 1 aliphatic carbocycles. The number of ether oxygens (including phenoxy) is 1. The molecule has 3 atom stereocenters. The van der Waals surface area contributed by atoms with Crippen molar-refractivity contribution in [3.8, 4) is 11.4 Å². The Bertz CT molecular complexity index is 824. The number of nitro benzene ring substituents is 1. The molecule has 27 heavy (non-hydrogen) atoms. The quantitative estimate of drug-likeness (QED) is 0.634. The number of anilines is 1. The zero-order chi connectivity index (χ0) is 18.8. The molecule has 1 saturated carbocycles. The number of benzene rings is 1. The van der Waals surface area contributed by atoms with Gasteiger partial charge in [-0.2, -0.15) is 0 Å². The van der Waals surface area contributed by atoms with Gasteiger partial charge in [-0.05, 0) is 44.2 Å². The first-order valence-corrected chi connectivity index (χ1v) is 9.65. The molecule has 0 bridgehead atoms. The average molecular weight is 368 g/mol. The normalized spacial score (nSPS) is 24.4. The van der Waals surface area contributed by atoms with E-state index in [-0.39, 0.29) is 5.69 Å². The first-order valence-electron chi connectivity index (χ1n) is 9.65. The van der Waals surface area contributed by atoms with Gasteiger partial charge >= 0.3 is 0 Å². The fourth-order valence-electron chi connectivity index (χ4n) is 4.16. The monoisotopic (exact) mass is 368 g/mol. The van der Waals surface area contributed by atoms with Gasteiger partial charge in [0.15, 0.2) is 5.82 Å². The summed E-state index contributed by atoms with van der Waals surface area (Å²) >= 11 is 0. The van der Waals surface area contributed by atoms with Crippen LogP contribution in [0.2, 0.25) is 0 Å². The number of nitro groups is 1. The van der Waals surface area contributed by atoms with Gasteiger partial charge in [0, 0.05) is 48.0 Å². The largest absolute Gasteiger partial charge is 0.378 e. The predicted molar refractivity (Wildman–Crippen MR) is 103 cm³/mol. The number of nitrogens with one attached hydrogen (secondary N) is 1. The third kappa shape index (κ3) is 3.78. The molecule has 142 valence electrons. The Morgan fingerprint density at radius 2 is 2.04 bits per heavy atom. The van der Waals surface area contributed by atoms with Crippen LogP contribution in [0, 0.1) is 16.0 Å². The highest BCUT2D eigenvalue weighted by atomic mass is 16.6. The van der Waals surface area contributed by atoms with E-state index in [0.717, 1.165) is 49.4 Å². The molecule has 0 radical (unpaired) electrons. The summed E-state index contributed by atoms with van der Waals surface area (Å²) in [4.78, 5) is 19.8. The number of aryl methyl sites for hydroxylation is 1. The Balaban J connectivity index is 1.59. The van der Waals surface area contributed by atoms with E-state index in [4.69, 9.17) is 9.72 Å². The maximum Gasteiger partial charge on any atom is 0.269 e. The van der Waals surface area contributed by atoms with Crippen molar-refractivity contribution in [1.29, 1.82) is 0 Å². The fraction of sp³-hybridized carbons (Fsp3) is 0.500. The standard InChI is InChI=1S/C20H24N4O3/c1-2-14-12-19(22-17-4-3-5-18-16(17)10-11-27-18)23-20(21-14)13-6-8-15(9-7-13)24(25)26/h6-9,12,16-18H,2-5,10-11H2,1H3,(H,21,22,23). The van der Waals surface area contributed by atoms with Crippen molar-refractivity contribution in [2.75, 3.05) is 11.9 Å². The summed E-state index contributed by atoms with van der Waals surface area (Å²) in [7, 11) is 0. The maximum atomic E-state index is 10.9. The van der Waals surface area contributed by atoms with Crippen LogP contribution in [0.1, 0.15) is 38.3 Å². The minimum Gasteiger partial charge on any atom is -0.378 e. The van der Waals surface area contributed by atoms with Crippen molar-refractivity contribution in [2.24, 2.45) is 5.92 Å². The van der Waals surface area contributed by atoms with E-state index in [2.05, 4.69) is 17.2 Å². The van der Waals surface area contributed by atoms with Crippen LogP contribution in [0.4, 0.5) is 11.5 Å². The first-order chi connectivity index (χ1) is 13.1. The van der Waals surface area contributed by atoms with Crippen LogP contribution in [0.15, 0.2) is 30.3 Å². The van der Waals surface area contributed by atoms with Crippen LogP contribution in [0.5, 0.6) is 0 Å². The minimum absolute atomic E-state index is 0.0678. The Labute approximate surface area is 158 Å². The summed E-state index contributed by atoms with van der Waals surface area (Å²) in [6.45, 7) is 2.92. The van der Waals surface area contributed by atoms with Gasteiger partial charge in [-0.1, -0.05) is 6.92 Å². The molecule has 2 fully saturated rings. The lowest BCUT2D eigenvalue weighted by Crippen LogP contribution is -2.38. The van der Waals surface area contributed by atoms with Crippen molar-refractivity contribution < 1.29 is 9.66 Å². The molecule has 7 nitrogen and oxygen atoms in total. The smallest absolute Gasteiger partial charge is 0.269 e. The van der Waals surface area contributed by atoms with Crippen molar-refractivity contribution in [1.82, 2.24) is 9.97 Å². The lowest BCUT2D eigenvalue weighted by molar-refractivity contribution is -0.384. The first kappa shape index (κ1) is 17.9. The van der Waals surface area contributed by atoms with E-state index in [1.807, 2.05) is 6.07 Å². The molecule has 7 heteroatoms. The van der Waals surface area contributed by atoms with E-state index in [1.54, 1.807) is 12.1 Å². The number of aromatic nitrogens is 2. The summed E-state index contributed by atoms with van der Waals surface area (Å²) in [5.41, 5.74) is 1.80. The lowest BCUT2D eigenvalue weighted by Gasteiger charge is -2.33. The third-order valence-corrected chi connectivity index (χ3v) is 5.59. The highest BCUT2D eigenvalue weighted by Crippen LogP contribution is 2.36. The highest BCUT2D eigenvalue weighted by molar-refractivity contribution is 5.59. The second kappa shape index (κ2) is 7.60. The van der Waals surface area contributed by atoms with Gasteiger partial charge in [0.2, 0.25) is 0 Å². The number of non-ortho nitro benzene ring substituents is 1. The molecule has 2 aliphatic rings. The Morgan fingerprint density at radius 3 is 2.78 bits per heavy atom. The number of hydrogen-bond acceptors (Lipinski definition) is 6. The number of nitrogens with zero attached hydrogens (tertiary/aromatic N) is 3. The summed E-state index contributed by atoms with van der Waals surface area (Å²) in [5, 5.41) is 14.5. The van der Waals surface area contributed by atoms with Crippen LogP contribution in [0.3, 0.4) is 0 Å². The average Bonchev–Trinajstić information content (AvgIpc) is 3.17. The van der Waals surface area contributed by atoms with Crippen molar-refractivity contribution >= 4 is 11.5 Å². The molecule has 3 unspecified atom stereocenters. The highest BCUT2D eigenvalue weighted by Gasteiger charge is 2.37. The molecule has 1 aromatic carbocycles. The van der Waals surface area contributed by atoms with E-state index >= 15 is 0 Å². The molecule has 0 spiro atoms. The third-order valence-electron chi connectivity index (χ3n) is 5.59. The SMILES string of the molecule is CCc1cc(NC2CCCC3OCCC23)nc(-c2ccc([N+](=O)[O-])cc2)n1. The molecule has 1 saturated heterocycles. The topological polar surface area (TPSA) is 90.2 Å².